The molecule has 1 aromatic carbocycles. The molecule has 0 atom stereocenters. The third kappa shape index (κ3) is 4.68. The molecule has 6 nitrogen and oxygen atoms in total. The number of hydrogen-bond donors (Lipinski definition) is 0. The molecule has 0 aliphatic heterocycles. The molecule has 0 bridgehead atoms. The zero-order chi connectivity index (χ0) is 23.2. The zero-order valence-corrected chi connectivity index (χ0v) is 20.3. The average Bonchev–Trinajstić information content (AvgIpc) is 2.70. The van der Waals surface area contributed by atoms with Gasteiger partial charge in [0.25, 0.3) is 0 Å². The molecule has 168 valence electrons. The Kier molecular flexibility index (Phi) is 9.53. The largest absolute Gasteiger partial charge is 0.336 e. The van der Waals surface area contributed by atoms with E-state index in [0.717, 1.165) is 33.0 Å². The standard InChI is InChI=1S/C15H24.C9H15N3O3/c1-7-13-10(4)14(8-2)12(6)15(9-3)11(13)5;1-4-10-7(13)11(5-2)9(15)12(6-3)8(10)14/h7-9H2,1-6H3;4-6H2,1-3H3. The molecular weight excluding hydrogens is 378 g/mol. The molecule has 2 aromatic rings. The van der Waals surface area contributed by atoms with E-state index in [9.17, 15) is 14.4 Å². The van der Waals surface area contributed by atoms with E-state index in [4.69, 9.17) is 0 Å². The first-order valence-electron chi connectivity index (χ1n) is 11.2. The first-order valence-corrected chi connectivity index (χ1v) is 11.2. The quantitative estimate of drug-likeness (QED) is 0.722. The van der Waals surface area contributed by atoms with Gasteiger partial charge in [-0.25, -0.2) is 28.1 Å². The maximum atomic E-state index is 11.7. The molecule has 0 fully saturated rings. The average molecular weight is 418 g/mol. The van der Waals surface area contributed by atoms with Gasteiger partial charge in [0.1, 0.15) is 0 Å². The van der Waals surface area contributed by atoms with Crippen molar-refractivity contribution in [3.05, 3.63) is 64.8 Å². The summed E-state index contributed by atoms with van der Waals surface area (Å²) in [6.07, 6.45) is 3.49. The van der Waals surface area contributed by atoms with Gasteiger partial charge < -0.3 is 0 Å². The Morgan fingerprint density at radius 2 is 0.667 bits per heavy atom. The van der Waals surface area contributed by atoms with Gasteiger partial charge >= 0.3 is 17.1 Å². The summed E-state index contributed by atoms with van der Waals surface area (Å²) in [4.78, 5) is 35.0. The fraction of sp³-hybridized carbons (Fsp3) is 0.625. The van der Waals surface area contributed by atoms with Crippen LogP contribution in [0.15, 0.2) is 14.4 Å². The minimum Gasteiger partial charge on any atom is -0.247 e. The lowest BCUT2D eigenvalue weighted by Gasteiger charge is -2.20. The van der Waals surface area contributed by atoms with Gasteiger partial charge in [-0.05, 0) is 94.2 Å². The molecule has 2 rings (SSSR count). The summed E-state index contributed by atoms with van der Waals surface area (Å²) < 4.78 is 3.19. The summed E-state index contributed by atoms with van der Waals surface area (Å²) in [5, 5.41) is 0. The smallest absolute Gasteiger partial charge is 0.247 e. The summed E-state index contributed by atoms with van der Waals surface area (Å²) in [5.74, 6) is 0. The summed E-state index contributed by atoms with van der Waals surface area (Å²) in [6, 6.07) is 0. The predicted octanol–water partition coefficient (Wildman–Crippen LogP) is 3.53. The molecule has 0 unspecified atom stereocenters. The Morgan fingerprint density at radius 3 is 0.800 bits per heavy atom. The van der Waals surface area contributed by atoms with Crippen LogP contribution in [0.1, 0.15) is 74.9 Å². The van der Waals surface area contributed by atoms with Crippen LogP contribution < -0.4 is 17.1 Å². The minimum atomic E-state index is -0.528. The molecule has 0 radical (unpaired) electrons. The van der Waals surface area contributed by atoms with E-state index in [0.29, 0.717) is 0 Å². The van der Waals surface area contributed by atoms with Crippen molar-refractivity contribution in [2.75, 3.05) is 0 Å². The molecule has 0 aliphatic carbocycles. The molecule has 1 aromatic heterocycles. The highest BCUT2D eigenvalue weighted by atomic mass is 16.2. The number of rotatable bonds is 6. The number of nitrogens with zero attached hydrogens (tertiary/aromatic N) is 3. The van der Waals surface area contributed by atoms with Gasteiger partial charge in [-0.1, -0.05) is 20.8 Å². The second-order valence-electron chi connectivity index (χ2n) is 7.45. The van der Waals surface area contributed by atoms with E-state index < -0.39 is 17.1 Å². The highest BCUT2D eigenvalue weighted by molar-refractivity contribution is 5.50. The first-order chi connectivity index (χ1) is 14.2. The number of hydrogen-bond acceptors (Lipinski definition) is 3. The van der Waals surface area contributed by atoms with Crippen molar-refractivity contribution in [1.29, 1.82) is 0 Å². The highest BCUT2D eigenvalue weighted by Gasteiger charge is 2.13. The van der Waals surface area contributed by atoms with Gasteiger partial charge in [0.15, 0.2) is 0 Å². The van der Waals surface area contributed by atoms with Crippen LogP contribution in [0.25, 0.3) is 0 Å². The summed E-state index contributed by atoms with van der Waals surface area (Å²) in [5.41, 5.74) is 7.75. The molecular formula is C24H39N3O3. The van der Waals surface area contributed by atoms with Crippen molar-refractivity contribution < 1.29 is 0 Å². The normalized spacial score (nSPS) is 10.7. The van der Waals surface area contributed by atoms with Gasteiger partial charge in [-0.15, -0.1) is 0 Å². The lowest BCUT2D eigenvalue weighted by molar-refractivity contribution is 0.472. The monoisotopic (exact) mass is 417 g/mol. The van der Waals surface area contributed by atoms with Gasteiger partial charge in [0, 0.05) is 19.6 Å². The van der Waals surface area contributed by atoms with E-state index in [-0.39, 0.29) is 19.6 Å². The Labute approximate surface area is 180 Å². The van der Waals surface area contributed by atoms with Crippen molar-refractivity contribution >= 4 is 0 Å². The second kappa shape index (κ2) is 11.1. The molecule has 0 N–H and O–H groups in total. The molecule has 1 heterocycles. The van der Waals surface area contributed by atoms with Gasteiger partial charge in [0.2, 0.25) is 0 Å². The van der Waals surface area contributed by atoms with Crippen LogP contribution in [0, 0.1) is 20.8 Å². The van der Waals surface area contributed by atoms with Crippen LogP contribution in [-0.2, 0) is 38.9 Å². The lowest BCUT2D eigenvalue weighted by atomic mass is 9.85. The zero-order valence-electron chi connectivity index (χ0n) is 20.3. The second-order valence-corrected chi connectivity index (χ2v) is 7.45. The van der Waals surface area contributed by atoms with E-state index in [1.54, 1.807) is 37.5 Å². The van der Waals surface area contributed by atoms with E-state index in [2.05, 4.69) is 41.5 Å². The topological polar surface area (TPSA) is 66.0 Å². The van der Waals surface area contributed by atoms with Crippen molar-refractivity contribution in [1.82, 2.24) is 13.7 Å². The van der Waals surface area contributed by atoms with Crippen molar-refractivity contribution in [3.63, 3.8) is 0 Å². The maximum Gasteiger partial charge on any atom is 0.336 e. The SMILES string of the molecule is CCc1c(C)c(CC)c(C)c(CC)c1C.CCn1c(=O)n(CC)c(=O)n(CC)c1=O. The van der Waals surface area contributed by atoms with E-state index in [1.807, 2.05) is 0 Å². The van der Waals surface area contributed by atoms with Crippen LogP contribution in [0.4, 0.5) is 0 Å². The predicted molar refractivity (Wildman–Crippen MR) is 125 cm³/mol. The molecule has 0 saturated heterocycles. The first kappa shape index (κ1) is 25.7. The maximum absolute atomic E-state index is 11.7. The van der Waals surface area contributed by atoms with Gasteiger partial charge in [0.05, 0.1) is 0 Å². The number of aromatic nitrogens is 3. The fourth-order valence-corrected chi connectivity index (χ4v) is 4.48. The van der Waals surface area contributed by atoms with Crippen molar-refractivity contribution in [2.24, 2.45) is 0 Å². The molecule has 30 heavy (non-hydrogen) atoms. The van der Waals surface area contributed by atoms with E-state index in [1.165, 1.54) is 16.7 Å². The van der Waals surface area contributed by atoms with Gasteiger partial charge in [-0.3, -0.25) is 0 Å². The van der Waals surface area contributed by atoms with Crippen LogP contribution in [0.5, 0.6) is 0 Å². The van der Waals surface area contributed by atoms with Crippen LogP contribution in [0.2, 0.25) is 0 Å². The Morgan fingerprint density at radius 1 is 0.467 bits per heavy atom. The molecule has 0 spiro atoms. The van der Waals surface area contributed by atoms with Crippen LogP contribution in [0.3, 0.4) is 0 Å². The Hall–Kier alpha value is -2.37. The summed E-state index contributed by atoms with van der Waals surface area (Å²) in [6.45, 7) is 19.6. The molecule has 0 aliphatic rings. The van der Waals surface area contributed by atoms with Gasteiger partial charge in [-0.2, -0.15) is 0 Å². The molecule has 0 amide bonds. The molecule has 6 heteroatoms. The summed E-state index contributed by atoms with van der Waals surface area (Å²) >= 11 is 0. The third-order valence-corrected chi connectivity index (χ3v) is 6.11. The third-order valence-electron chi connectivity index (χ3n) is 6.11. The highest BCUT2D eigenvalue weighted by Crippen LogP contribution is 2.28. The lowest BCUT2D eigenvalue weighted by Crippen LogP contribution is -2.53. The summed E-state index contributed by atoms with van der Waals surface area (Å²) in [7, 11) is 0. The minimum absolute atomic E-state index is 0.276. The molecule has 0 saturated carbocycles. The Balaban J connectivity index is 0.000000300. The fourth-order valence-electron chi connectivity index (χ4n) is 4.48. The van der Waals surface area contributed by atoms with Crippen LogP contribution in [-0.4, -0.2) is 13.7 Å². The van der Waals surface area contributed by atoms with Crippen LogP contribution >= 0.6 is 0 Å². The Bertz CT molecular complexity index is 871. The van der Waals surface area contributed by atoms with E-state index >= 15 is 0 Å². The van der Waals surface area contributed by atoms with Crippen molar-refractivity contribution in [3.8, 4) is 0 Å². The van der Waals surface area contributed by atoms with Crippen molar-refractivity contribution in [2.45, 2.75) is 101 Å². The number of benzene rings is 1.